The Kier molecular flexibility index (Phi) is 6.08. The van der Waals surface area contributed by atoms with Crippen molar-refractivity contribution in [1.82, 2.24) is 10.2 Å². The molecule has 0 fully saturated rings. The first-order valence-electron chi connectivity index (χ1n) is 7.81. The molecule has 0 bridgehead atoms. The van der Waals surface area contributed by atoms with Crippen LogP contribution in [-0.2, 0) is 14.3 Å². The largest absolute Gasteiger partial charge is 0.463 e. The highest BCUT2D eigenvalue weighted by Gasteiger charge is 2.38. The molecule has 1 N–H and O–H groups in total. The van der Waals surface area contributed by atoms with Crippen LogP contribution in [0.15, 0.2) is 29.5 Å². The maximum absolute atomic E-state index is 14.2. The number of hydrogen-bond acceptors (Lipinski definition) is 4. The standard InChI is InChI=1S/C17H20F2N2O4/c1-4-25-16(22)13-10(2)21(8-9-24-3)17(23)20-15(13)14-11(18)6-5-7-12(14)19/h5-7,15H,4,8-9H2,1-3H3,(H,20,23)/t15-/m0/s1. The van der Waals surface area contributed by atoms with Crippen LogP contribution in [0.2, 0.25) is 0 Å². The number of ether oxygens (including phenoxy) is 2. The average molecular weight is 354 g/mol. The smallest absolute Gasteiger partial charge is 0.338 e. The van der Waals surface area contributed by atoms with Gasteiger partial charge in [-0.1, -0.05) is 6.07 Å². The van der Waals surface area contributed by atoms with Gasteiger partial charge in [-0.3, -0.25) is 4.90 Å². The second-order valence-corrected chi connectivity index (χ2v) is 5.38. The van der Waals surface area contributed by atoms with Crippen molar-refractivity contribution in [2.24, 2.45) is 0 Å². The first kappa shape index (κ1) is 18.9. The van der Waals surface area contributed by atoms with E-state index in [0.29, 0.717) is 0 Å². The van der Waals surface area contributed by atoms with Crippen molar-refractivity contribution >= 4 is 12.0 Å². The molecular formula is C17H20F2N2O4. The van der Waals surface area contributed by atoms with E-state index < -0.39 is 35.2 Å². The molecule has 0 spiro atoms. The Hall–Kier alpha value is -2.48. The lowest BCUT2D eigenvalue weighted by Crippen LogP contribution is -2.49. The van der Waals surface area contributed by atoms with Crippen LogP contribution in [-0.4, -0.2) is 43.8 Å². The van der Waals surface area contributed by atoms with Gasteiger partial charge in [0.05, 0.1) is 36.9 Å². The molecule has 2 rings (SSSR count). The van der Waals surface area contributed by atoms with Gasteiger partial charge in [0, 0.05) is 12.8 Å². The normalized spacial score (nSPS) is 17.6. The fourth-order valence-corrected chi connectivity index (χ4v) is 2.71. The monoisotopic (exact) mass is 354 g/mol. The van der Waals surface area contributed by atoms with Crippen molar-refractivity contribution in [3.63, 3.8) is 0 Å². The fraction of sp³-hybridized carbons (Fsp3) is 0.412. The van der Waals surface area contributed by atoms with Gasteiger partial charge in [-0.2, -0.15) is 0 Å². The second-order valence-electron chi connectivity index (χ2n) is 5.38. The Balaban J connectivity index is 2.56. The molecule has 1 aliphatic heterocycles. The van der Waals surface area contributed by atoms with Crippen LogP contribution < -0.4 is 5.32 Å². The number of rotatable bonds is 6. The van der Waals surface area contributed by atoms with Crippen LogP contribution in [0.5, 0.6) is 0 Å². The SMILES string of the molecule is CCOC(=O)C1=C(C)N(CCOC)C(=O)N[C@@H]1c1c(F)cccc1F. The summed E-state index contributed by atoms with van der Waals surface area (Å²) < 4.78 is 38.4. The summed E-state index contributed by atoms with van der Waals surface area (Å²) in [7, 11) is 1.48. The van der Waals surface area contributed by atoms with Gasteiger partial charge in [0.1, 0.15) is 11.6 Å². The molecule has 0 saturated heterocycles. The predicted molar refractivity (Wildman–Crippen MR) is 85.5 cm³/mol. The van der Waals surface area contributed by atoms with Gasteiger partial charge in [-0.25, -0.2) is 18.4 Å². The van der Waals surface area contributed by atoms with Crippen LogP contribution in [0.3, 0.4) is 0 Å². The third-order valence-electron chi connectivity index (χ3n) is 3.90. The number of hydrogen-bond donors (Lipinski definition) is 1. The van der Waals surface area contributed by atoms with E-state index >= 15 is 0 Å². The maximum atomic E-state index is 14.2. The van der Waals surface area contributed by atoms with E-state index in [0.717, 1.165) is 12.1 Å². The summed E-state index contributed by atoms with van der Waals surface area (Å²) in [5.74, 6) is -2.45. The number of benzene rings is 1. The number of urea groups is 1. The Labute approximate surface area is 144 Å². The van der Waals surface area contributed by atoms with E-state index in [2.05, 4.69) is 5.32 Å². The first-order valence-corrected chi connectivity index (χ1v) is 7.81. The molecule has 1 heterocycles. The summed E-state index contributed by atoms with van der Waals surface area (Å²) in [6.07, 6.45) is 0. The molecule has 1 aromatic carbocycles. The second kappa shape index (κ2) is 8.06. The minimum Gasteiger partial charge on any atom is -0.463 e. The molecule has 8 heteroatoms. The zero-order valence-corrected chi connectivity index (χ0v) is 14.3. The molecule has 1 aliphatic rings. The number of methoxy groups -OCH3 is 1. The van der Waals surface area contributed by atoms with E-state index in [-0.39, 0.29) is 31.0 Å². The van der Waals surface area contributed by atoms with E-state index in [1.165, 1.54) is 25.0 Å². The third-order valence-corrected chi connectivity index (χ3v) is 3.90. The maximum Gasteiger partial charge on any atom is 0.338 e. The molecule has 0 aliphatic carbocycles. The Morgan fingerprint density at radius 3 is 2.52 bits per heavy atom. The number of nitrogens with one attached hydrogen (secondary N) is 1. The number of esters is 1. The minimum atomic E-state index is -1.27. The van der Waals surface area contributed by atoms with Gasteiger partial charge >= 0.3 is 12.0 Å². The molecule has 1 atom stereocenters. The molecular weight excluding hydrogens is 334 g/mol. The van der Waals surface area contributed by atoms with Crippen molar-refractivity contribution in [3.8, 4) is 0 Å². The van der Waals surface area contributed by atoms with Crippen molar-refractivity contribution in [1.29, 1.82) is 0 Å². The molecule has 0 radical (unpaired) electrons. The summed E-state index contributed by atoms with van der Waals surface area (Å²) in [4.78, 5) is 26.1. The van der Waals surface area contributed by atoms with Gasteiger partial charge in [-0.15, -0.1) is 0 Å². The molecule has 0 aromatic heterocycles. The van der Waals surface area contributed by atoms with E-state index in [4.69, 9.17) is 9.47 Å². The molecule has 6 nitrogen and oxygen atoms in total. The predicted octanol–water partition coefficient (Wildman–Crippen LogP) is 2.51. The highest BCUT2D eigenvalue weighted by Crippen LogP contribution is 2.33. The van der Waals surface area contributed by atoms with E-state index in [1.54, 1.807) is 6.92 Å². The quantitative estimate of drug-likeness (QED) is 0.797. The van der Waals surface area contributed by atoms with Gasteiger partial charge in [-0.05, 0) is 26.0 Å². The van der Waals surface area contributed by atoms with Gasteiger partial charge in [0.15, 0.2) is 0 Å². The number of amides is 2. The highest BCUT2D eigenvalue weighted by molar-refractivity contribution is 5.95. The van der Waals surface area contributed by atoms with E-state index in [9.17, 15) is 18.4 Å². The lowest BCUT2D eigenvalue weighted by molar-refractivity contribution is -0.139. The minimum absolute atomic E-state index is 0.0125. The zero-order valence-electron chi connectivity index (χ0n) is 14.3. The number of nitrogens with zero attached hydrogens (tertiary/aromatic N) is 1. The summed E-state index contributed by atoms with van der Waals surface area (Å²) in [6, 6.07) is 1.51. The van der Waals surface area contributed by atoms with Crippen LogP contribution in [0.1, 0.15) is 25.5 Å². The molecule has 0 saturated carbocycles. The van der Waals surface area contributed by atoms with Crippen LogP contribution in [0.25, 0.3) is 0 Å². The van der Waals surface area contributed by atoms with Crippen LogP contribution in [0.4, 0.5) is 13.6 Å². The van der Waals surface area contributed by atoms with Crippen molar-refractivity contribution in [2.75, 3.05) is 26.9 Å². The van der Waals surface area contributed by atoms with E-state index in [1.807, 2.05) is 0 Å². The van der Waals surface area contributed by atoms with Crippen LogP contribution in [0, 0.1) is 11.6 Å². The molecule has 136 valence electrons. The number of allylic oxidation sites excluding steroid dienone is 1. The van der Waals surface area contributed by atoms with Gasteiger partial charge in [0.2, 0.25) is 0 Å². The van der Waals surface area contributed by atoms with Gasteiger partial charge in [0.25, 0.3) is 0 Å². The summed E-state index contributed by atoms with van der Waals surface area (Å²) in [5, 5.41) is 2.49. The highest BCUT2D eigenvalue weighted by atomic mass is 19.1. The Morgan fingerprint density at radius 2 is 1.96 bits per heavy atom. The Bertz CT molecular complexity index is 686. The van der Waals surface area contributed by atoms with Crippen molar-refractivity contribution in [3.05, 3.63) is 46.7 Å². The molecule has 1 aromatic rings. The number of carbonyl (C=O) groups excluding carboxylic acids is 2. The summed E-state index contributed by atoms with van der Waals surface area (Å²) >= 11 is 0. The fourth-order valence-electron chi connectivity index (χ4n) is 2.71. The zero-order chi connectivity index (χ0) is 18.6. The van der Waals surface area contributed by atoms with Crippen molar-refractivity contribution in [2.45, 2.75) is 19.9 Å². The topological polar surface area (TPSA) is 67.9 Å². The molecule has 25 heavy (non-hydrogen) atoms. The van der Waals surface area contributed by atoms with Crippen molar-refractivity contribution < 1.29 is 27.8 Å². The first-order chi connectivity index (χ1) is 11.9. The van der Waals surface area contributed by atoms with Gasteiger partial charge < -0.3 is 14.8 Å². The lowest BCUT2D eigenvalue weighted by Gasteiger charge is -2.35. The number of halogens is 2. The Morgan fingerprint density at radius 1 is 1.32 bits per heavy atom. The third kappa shape index (κ3) is 3.79. The van der Waals surface area contributed by atoms with Crippen LogP contribution >= 0.6 is 0 Å². The summed E-state index contributed by atoms with van der Waals surface area (Å²) in [5.41, 5.74) is -0.141. The lowest BCUT2D eigenvalue weighted by atomic mass is 9.94. The molecule has 0 unspecified atom stereocenters. The molecule has 2 amide bonds. The average Bonchev–Trinajstić information content (AvgIpc) is 2.54. The summed E-state index contributed by atoms with van der Waals surface area (Å²) in [6.45, 7) is 3.67. The number of carbonyl (C=O) groups is 2.